The molecule has 2 amide bonds. The van der Waals surface area contributed by atoms with Crippen LogP contribution in [0, 0.1) is 6.92 Å². The van der Waals surface area contributed by atoms with Crippen molar-refractivity contribution in [2.45, 2.75) is 76.9 Å². The Bertz CT molecular complexity index is 1890. The molecule has 244 valence electrons. The van der Waals surface area contributed by atoms with Crippen LogP contribution in [0.15, 0.2) is 72.9 Å². The van der Waals surface area contributed by atoms with Crippen molar-refractivity contribution in [3.8, 4) is 11.4 Å². The topological polar surface area (TPSA) is 102 Å². The van der Waals surface area contributed by atoms with E-state index in [0.29, 0.717) is 11.7 Å². The predicted molar refractivity (Wildman–Crippen MR) is 183 cm³/mol. The number of hydrogen-bond donors (Lipinski definition) is 2. The monoisotopic (exact) mass is 632 g/mol. The summed E-state index contributed by atoms with van der Waals surface area (Å²) in [5.41, 5.74) is 5.77. The highest BCUT2D eigenvalue weighted by atomic mass is 16.5. The Kier molecular flexibility index (Phi) is 8.21. The van der Waals surface area contributed by atoms with Crippen LogP contribution in [0.5, 0.6) is 5.75 Å². The van der Waals surface area contributed by atoms with E-state index in [4.69, 9.17) is 9.84 Å². The van der Waals surface area contributed by atoms with Crippen molar-refractivity contribution in [1.82, 2.24) is 34.6 Å². The summed E-state index contributed by atoms with van der Waals surface area (Å²) in [6.45, 7) is 10.5. The van der Waals surface area contributed by atoms with Gasteiger partial charge in [0.2, 0.25) is 0 Å². The van der Waals surface area contributed by atoms with Crippen LogP contribution in [0.25, 0.3) is 11.3 Å². The van der Waals surface area contributed by atoms with Crippen molar-refractivity contribution in [3.05, 3.63) is 101 Å². The first-order valence-corrected chi connectivity index (χ1v) is 16.7. The fourth-order valence-electron chi connectivity index (χ4n) is 6.83. The van der Waals surface area contributed by atoms with Crippen LogP contribution in [-0.2, 0) is 5.41 Å². The van der Waals surface area contributed by atoms with Crippen molar-refractivity contribution in [1.29, 1.82) is 0 Å². The molecule has 2 aliphatic rings. The van der Waals surface area contributed by atoms with Gasteiger partial charge in [0.1, 0.15) is 23.5 Å². The molecule has 10 heteroatoms. The standard InChI is InChI=1S/C37H44N8O2/c1-24-12-14-26(15-13-24)45-34(21-32(42-45)37(2,3)4)39-36(46)38-30-17-18-31(29-11-7-6-10-28(29)30)47-27-16-19-33-40-41-35(44(33)23-27)25-9-8-20-43(5)22-25/h6-7,10-16,19,21,23,25,30-31H,8-9,17-18,20,22H2,1-5H3,(H2,38,39,46)/t25?,30-,31+/m0/s1. The Balaban J connectivity index is 1.08. The molecule has 0 radical (unpaired) electrons. The lowest BCUT2D eigenvalue weighted by Gasteiger charge is -2.32. The van der Waals surface area contributed by atoms with Gasteiger partial charge in [0.15, 0.2) is 5.65 Å². The number of fused-ring (bicyclic) bond motifs is 2. The Morgan fingerprint density at radius 1 is 0.957 bits per heavy atom. The number of likely N-dealkylation sites (tertiary alicyclic amines) is 1. The van der Waals surface area contributed by atoms with Gasteiger partial charge in [-0.2, -0.15) is 5.10 Å². The quantitative estimate of drug-likeness (QED) is 0.207. The molecule has 2 aromatic carbocycles. The minimum atomic E-state index is -0.267. The zero-order valence-electron chi connectivity index (χ0n) is 27.9. The van der Waals surface area contributed by atoms with E-state index in [-0.39, 0.29) is 23.6 Å². The number of hydrogen-bond acceptors (Lipinski definition) is 6. The summed E-state index contributed by atoms with van der Waals surface area (Å²) in [5, 5.41) is 20.2. The number of benzene rings is 2. The third-order valence-corrected chi connectivity index (χ3v) is 9.41. The van der Waals surface area contributed by atoms with Crippen LogP contribution in [0.3, 0.4) is 0 Å². The van der Waals surface area contributed by atoms with Crippen LogP contribution in [0.4, 0.5) is 10.6 Å². The third kappa shape index (κ3) is 6.47. The van der Waals surface area contributed by atoms with E-state index in [2.05, 4.69) is 77.0 Å². The maximum Gasteiger partial charge on any atom is 0.320 e. The Morgan fingerprint density at radius 2 is 1.74 bits per heavy atom. The number of pyridine rings is 1. The Hall–Kier alpha value is -4.70. The number of ether oxygens (including phenoxy) is 1. The van der Waals surface area contributed by atoms with Gasteiger partial charge >= 0.3 is 6.03 Å². The molecule has 4 heterocycles. The molecule has 1 saturated heterocycles. The first-order valence-electron chi connectivity index (χ1n) is 16.7. The fourth-order valence-corrected chi connectivity index (χ4v) is 6.83. The Morgan fingerprint density at radius 3 is 2.51 bits per heavy atom. The van der Waals surface area contributed by atoms with Gasteiger partial charge in [-0.1, -0.05) is 62.7 Å². The SMILES string of the molecule is Cc1ccc(-n2nc(C(C)(C)C)cc2NC(=O)N[C@H]2CC[C@@H](Oc3ccc4nnc(C5CCCN(C)C5)n4c3)c3ccccc32)cc1. The predicted octanol–water partition coefficient (Wildman–Crippen LogP) is 7.11. The van der Waals surface area contributed by atoms with Crippen LogP contribution in [0.1, 0.15) is 92.7 Å². The molecule has 47 heavy (non-hydrogen) atoms. The normalized spacial score (nSPS) is 20.1. The molecule has 0 saturated carbocycles. The molecular weight excluding hydrogens is 588 g/mol. The zero-order chi connectivity index (χ0) is 32.7. The number of piperidine rings is 1. The average Bonchev–Trinajstić information content (AvgIpc) is 3.67. The number of amides is 2. The second kappa shape index (κ2) is 12.5. The van der Waals surface area contributed by atoms with Crippen molar-refractivity contribution in [2.75, 3.05) is 25.5 Å². The number of anilines is 1. The van der Waals surface area contributed by atoms with Crippen LogP contribution in [-0.4, -0.2) is 55.4 Å². The number of aryl methyl sites for hydroxylation is 1. The van der Waals surface area contributed by atoms with E-state index < -0.39 is 0 Å². The summed E-state index contributed by atoms with van der Waals surface area (Å²) in [6.07, 6.45) is 5.67. The number of nitrogens with zero attached hydrogens (tertiary/aromatic N) is 6. The van der Waals surface area contributed by atoms with Gasteiger partial charge in [-0.25, -0.2) is 9.48 Å². The molecule has 3 aromatic heterocycles. The minimum absolute atomic E-state index is 0.136. The lowest BCUT2D eigenvalue weighted by atomic mass is 9.85. The van der Waals surface area contributed by atoms with Crippen molar-refractivity contribution < 1.29 is 9.53 Å². The van der Waals surface area contributed by atoms with Gasteiger partial charge in [-0.05, 0) is 81.6 Å². The van der Waals surface area contributed by atoms with Gasteiger partial charge in [0, 0.05) is 23.9 Å². The first kappa shape index (κ1) is 30.9. The molecule has 3 atom stereocenters. The van der Waals surface area contributed by atoms with Crippen molar-refractivity contribution >= 4 is 17.5 Å². The van der Waals surface area contributed by atoms with Gasteiger partial charge in [-0.3, -0.25) is 9.72 Å². The molecule has 1 aliphatic carbocycles. The van der Waals surface area contributed by atoms with Gasteiger partial charge < -0.3 is 15.0 Å². The number of urea groups is 1. The fraction of sp³-hybridized carbons (Fsp3) is 0.405. The van der Waals surface area contributed by atoms with Gasteiger partial charge in [-0.15, -0.1) is 10.2 Å². The maximum absolute atomic E-state index is 13.5. The molecule has 1 fully saturated rings. The number of aromatic nitrogens is 5. The van der Waals surface area contributed by atoms with E-state index in [9.17, 15) is 4.79 Å². The molecule has 1 unspecified atom stereocenters. The second-order valence-corrected chi connectivity index (χ2v) is 14.1. The zero-order valence-corrected chi connectivity index (χ0v) is 27.9. The van der Waals surface area contributed by atoms with Gasteiger partial charge in [0.05, 0.1) is 23.6 Å². The summed E-state index contributed by atoms with van der Waals surface area (Å²) in [4.78, 5) is 15.9. The second-order valence-electron chi connectivity index (χ2n) is 14.1. The number of carbonyl (C=O) groups is 1. The molecule has 10 nitrogen and oxygen atoms in total. The van der Waals surface area contributed by atoms with E-state index in [1.165, 1.54) is 5.56 Å². The molecule has 5 aromatic rings. The van der Waals surface area contributed by atoms with Gasteiger partial charge in [0.25, 0.3) is 0 Å². The summed E-state index contributed by atoms with van der Waals surface area (Å²) >= 11 is 0. The number of carbonyl (C=O) groups excluding carboxylic acids is 1. The largest absolute Gasteiger partial charge is 0.484 e. The number of likely N-dealkylation sites (N-methyl/N-ethyl adjacent to an activating group) is 1. The Labute approximate surface area is 276 Å². The van der Waals surface area contributed by atoms with Crippen molar-refractivity contribution in [3.63, 3.8) is 0 Å². The van der Waals surface area contributed by atoms with Crippen LogP contribution < -0.4 is 15.4 Å². The van der Waals surface area contributed by atoms with Crippen LogP contribution >= 0.6 is 0 Å². The summed E-state index contributed by atoms with van der Waals surface area (Å²) in [6, 6.07) is 21.9. The smallest absolute Gasteiger partial charge is 0.320 e. The highest BCUT2D eigenvalue weighted by molar-refractivity contribution is 5.89. The highest BCUT2D eigenvalue weighted by Gasteiger charge is 2.31. The lowest BCUT2D eigenvalue weighted by Crippen LogP contribution is -2.36. The summed E-state index contributed by atoms with van der Waals surface area (Å²) in [5.74, 6) is 2.76. The van der Waals surface area contributed by atoms with E-state index in [1.807, 2.05) is 65.5 Å². The van der Waals surface area contributed by atoms with E-state index in [1.54, 1.807) is 0 Å². The van der Waals surface area contributed by atoms with Crippen molar-refractivity contribution in [2.24, 2.45) is 0 Å². The maximum atomic E-state index is 13.5. The highest BCUT2D eigenvalue weighted by Crippen LogP contribution is 2.39. The lowest BCUT2D eigenvalue weighted by molar-refractivity contribution is 0.171. The molecule has 0 spiro atoms. The van der Waals surface area contributed by atoms with Crippen LogP contribution in [0.2, 0.25) is 0 Å². The summed E-state index contributed by atoms with van der Waals surface area (Å²) in [7, 11) is 2.17. The minimum Gasteiger partial charge on any atom is -0.484 e. The number of nitrogens with one attached hydrogen (secondary N) is 2. The molecular formula is C37H44N8O2. The molecule has 1 aliphatic heterocycles. The molecule has 7 rings (SSSR count). The first-order chi connectivity index (χ1) is 22.6. The summed E-state index contributed by atoms with van der Waals surface area (Å²) < 4.78 is 10.6. The molecule has 2 N–H and O–H groups in total. The van der Waals surface area contributed by atoms with E-state index >= 15 is 0 Å². The van der Waals surface area contributed by atoms with E-state index in [0.717, 1.165) is 78.5 Å². The molecule has 0 bridgehead atoms. The number of rotatable bonds is 6. The third-order valence-electron chi connectivity index (χ3n) is 9.41. The average molecular weight is 633 g/mol.